The van der Waals surface area contributed by atoms with Crippen molar-refractivity contribution in [2.45, 2.75) is 27.3 Å². The van der Waals surface area contributed by atoms with Crippen LogP contribution in [0, 0.1) is 20.8 Å². The first-order valence-electron chi connectivity index (χ1n) is 8.85. The first kappa shape index (κ1) is 19.2. The Hall–Kier alpha value is -2.14. The second kappa shape index (κ2) is 7.36. The number of hydrogen-bond acceptors (Lipinski definition) is 3. The molecule has 0 aliphatic heterocycles. The Kier molecular flexibility index (Phi) is 5.04. The summed E-state index contributed by atoms with van der Waals surface area (Å²) in [6.45, 7) is 6.57. The van der Waals surface area contributed by atoms with E-state index in [2.05, 4.69) is 37.0 Å². The van der Waals surface area contributed by atoms with Gasteiger partial charge in [0.2, 0.25) is 0 Å². The monoisotopic (exact) mass is 428 g/mol. The van der Waals surface area contributed by atoms with Gasteiger partial charge in [-0.1, -0.05) is 53.0 Å². The second-order valence-electron chi connectivity index (χ2n) is 6.96. The largest absolute Gasteiger partial charge is 0.294 e. The second-order valence-corrected chi connectivity index (χ2v) is 8.98. The van der Waals surface area contributed by atoms with Gasteiger partial charge in [-0.15, -0.1) is 11.3 Å². The van der Waals surface area contributed by atoms with Gasteiger partial charge in [0.1, 0.15) is 4.83 Å². The minimum Gasteiger partial charge on any atom is -0.294 e. The van der Waals surface area contributed by atoms with Crippen LogP contribution in [0.1, 0.15) is 21.6 Å². The molecule has 0 saturated carbocycles. The molecule has 4 aromatic rings. The summed E-state index contributed by atoms with van der Waals surface area (Å²) >= 11 is 13.7. The Bertz CT molecular complexity index is 1270. The fraction of sp³-hybridized carbons (Fsp3) is 0.182. The lowest BCUT2D eigenvalue weighted by molar-refractivity contribution is 0.749. The Morgan fingerprint density at radius 2 is 1.82 bits per heavy atom. The van der Waals surface area contributed by atoms with Crippen LogP contribution in [-0.4, -0.2) is 9.55 Å². The highest BCUT2D eigenvalue weighted by atomic mass is 35.5. The molecule has 28 heavy (non-hydrogen) atoms. The molecule has 2 aromatic carbocycles. The molecule has 4 rings (SSSR count). The van der Waals surface area contributed by atoms with Crippen LogP contribution in [0.2, 0.25) is 10.0 Å². The first-order chi connectivity index (χ1) is 13.3. The Labute approximate surface area is 177 Å². The number of aromatic nitrogens is 2. The van der Waals surface area contributed by atoms with Crippen molar-refractivity contribution in [2.24, 2.45) is 0 Å². The molecule has 0 fully saturated rings. The van der Waals surface area contributed by atoms with E-state index in [1.807, 2.05) is 13.0 Å². The normalized spacial score (nSPS) is 11.3. The molecule has 0 N–H and O–H groups in total. The van der Waals surface area contributed by atoms with Crippen molar-refractivity contribution in [3.63, 3.8) is 0 Å². The Morgan fingerprint density at radius 1 is 1.04 bits per heavy atom. The SMILES string of the molecule is Cc1ccc(C)c(-c2c(C)sc3ncn(Cc4ccc(Cl)c(Cl)c4)c(=O)c23)c1. The topological polar surface area (TPSA) is 34.9 Å². The number of halogens is 2. The number of aryl methyl sites for hydroxylation is 3. The number of hydrogen-bond donors (Lipinski definition) is 0. The zero-order valence-corrected chi connectivity index (χ0v) is 18.0. The summed E-state index contributed by atoms with van der Waals surface area (Å²) in [4.78, 5) is 19.8. The van der Waals surface area contributed by atoms with E-state index in [1.54, 1.807) is 34.4 Å². The van der Waals surface area contributed by atoms with Gasteiger partial charge < -0.3 is 0 Å². The van der Waals surface area contributed by atoms with Crippen molar-refractivity contribution in [1.29, 1.82) is 0 Å². The van der Waals surface area contributed by atoms with Crippen LogP contribution < -0.4 is 5.56 Å². The molecule has 2 heterocycles. The van der Waals surface area contributed by atoms with E-state index in [-0.39, 0.29) is 5.56 Å². The summed E-state index contributed by atoms with van der Waals surface area (Å²) < 4.78 is 1.63. The maximum absolute atomic E-state index is 13.4. The molecule has 0 saturated heterocycles. The van der Waals surface area contributed by atoms with Crippen molar-refractivity contribution in [3.8, 4) is 11.1 Å². The van der Waals surface area contributed by atoms with Crippen LogP contribution >= 0.6 is 34.5 Å². The highest BCUT2D eigenvalue weighted by Gasteiger charge is 2.18. The first-order valence-corrected chi connectivity index (χ1v) is 10.4. The van der Waals surface area contributed by atoms with E-state index >= 15 is 0 Å². The van der Waals surface area contributed by atoms with Gasteiger partial charge in [0.15, 0.2) is 0 Å². The van der Waals surface area contributed by atoms with E-state index in [0.717, 1.165) is 32.0 Å². The van der Waals surface area contributed by atoms with Gasteiger partial charge in [-0.05, 0) is 49.6 Å². The van der Waals surface area contributed by atoms with Crippen molar-refractivity contribution >= 4 is 44.8 Å². The molecule has 0 unspecified atom stereocenters. The van der Waals surface area contributed by atoms with Crippen LogP contribution in [0.3, 0.4) is 0 Å². The predicted molar refractivity (Wildman–Crippen MR) is 119 cm³/mol. The summed E-state index contributed by atoms with van der Waals surface area (Å²) in [7, 11) is 0. The smallest absolute Gasteiger partial charge is 0.263 e. The van der Waals surface area contributed by atoms with Crippen molar-refractivity contribution in [2.75, 3.05) is 0 Å². The lowest BCUT2D eigenvalue weighted by atomic mass is 9.97. The molecule has 0 atom stereocenters. The maximum atomic E-state index is 13.4. The van der Waals surface area contributed by atoms with Gasteiger partial charge in [-0.25, -0.2) is 4.98 Å². The molecule has 0 aliphatic carbocycles. The van der Waals surface area contributed by atoms with E-state index in [4.69, 9.17) is 23.2 Å². The molecule has 2 aromatic heterocycles. The molecule has 142 valence electrons. The third kappa shape index (κ3) is 3.37. The Balaban J connectivity index is 1.90. The predicted octanol–water partition coefficient (Wildman–Crippen LogP) is 6.41. The van der Waals surface area contributed by atoms with E-state index < -0.39 is 0 Å². The van der Waals surface area contributed by atoms with Crippen LogP contribution in [0.4, 0.5) is 0 Å². The third-order valence-electron chi connectivity index (χ3n) is 4.85. The molecular weight excluding hydrogens is 411 g/mol. The van der Waals surface area contributed by atoms with Crippen molar-refractivity contribution in [3.05, 3.63) is 84.7 Å². The molecule has 3 nitrogen and oxygen atoms in total. The molecular formula is C22H18Cl2N2OS. The summed E-state index contributed by atoms with van der Waals surface area (Å²) in [5, 5.41) is 1.65. The van der Waals surface area contributed by atoms with Crippen LogP contribution in [0.15, 0.2) is 47.5 Å². The molecule has 0 spiro atoms. The highest BCUT2D eigenvalue weighted by Crippen LogP contribution is 2.37. The van der Waals surface area contributed by atoms with Gasteiger partial charge in [-0.3, -0.25) is 9.36 Å². The van der Waals surface area contributed by atoms with E-state index in [1.165, 1.54) is 5.56 Å². The average Bonchev–Trinajstić information content (AvgIpc) is 2.99. The van der Waals surface area contributed by atoms with Crippen molar-refractivity contribution < 1.29 is 0 Å². The van der Waals surface area contributed by atoms with Gasteiger partial charge in [0.25, 0.3) is 5.56 Å². The number of rotatable bonds is 3. The number of benzene rings is 2. The molecule has 0 bridgehead atoms. The van der Waals surface area contributed by atoms with Gasteiger partial charge in [0, 0.05) is 10.4 Å². The fourth-order valence-corrected chi connectivity index (χ4v) is 4.73. The van der Waals surface area contributed by atoms with Crippen LogP contribution in [0.25, 0.3) is 21.3 Å². The summed E-state index contributed by atoms with van der Waals surface area (Å²) in [6, 6.07) is 11.7. The molecule has 6 heteroatoms. The average molecular weight is 429 g/mol. The summed E-state index contributed by atoms with van der Waals surface area (Å²) in [6.07, 6.45) is 1.61. The van der Waals surface area contributed by atoms with Crippen molar-refractivity contribution in [1.82, 2.24) is 9.55 Å². The lowest BCUT2D eigenvalue weighted by Gasteiger charge is -2.10. The van der Waals surface area contributed by atoms with E-state index in [0.29, 0.717) is 22.0 Å². The fourth-order valence-electron chi connectivity index (χ4n) is 3.41. The highest BCUT2D eigenvalue weighted by molar-refractivity contribution is 7.19. The third-order valence-corrected chi connectivity index (χ3v) is 6.61. The van der Waals surface area contributed by atoms with Gasteiger partial charge >= 0.3 is 0 Å². The minimum atomic E-state index is -0.0451. The molecule has 0 amide bonds. The van der Waals surface area contributed by atoms with Crippen LogP contribution in [-0.2, 0) is 6.54 Å². The zero-order chi connectivity index (χ0) is 20.0. The quantitative estimate of drug-likeness (QED) is 0.377. The summed E-state index contributed by atoms with van der Waals surface area (Å²) in [5.41, 5.74) is 5.25. The Morgan fingerprint density at radius 3 is 2.57 bits per heavy atom. The van der Waals surface area contributed by atoms with Crippen LogP contribution in [0.5, 0.6) is 0 Å². The zero-order valence-electron chi connectivity index (χ0n) is 15.7. The maximum Gasteiger partial charge on any atom is 0.263 e. The minimum absolute atomic E-state index is 0.0451. The summed E-state index contributed by atoms with van der Waals surface area (Å²) in [5.74, 6) is 0. The molecule has 0 radical (unpaired) electrons. The standard InChI is InChI=1S/C22H18Cl2N2OS/c1-12-4-5-13(2)16(8-12)19-14(3)28-21-20(19)22(27)26(11-25-21)10-15-6-7-17(23)18(24)9-15/h4-9,11H,10H2,1-3H3. The number of thiophene rings is 1. The van der Waals surface area contributed by atoms with Gasteiger partial charge in [0.05, 0.1) is 28.3 Å². The molecule has 0 aliphatic rings. The van der Waals surface area contributed by atoms with E-state index in [9.17, 15) is 4.79 Å². The number of fused-ring (bicyclic) bond motifs is 1. The van der Waals surface area contributed by atoms with Gasteiger partial charge in [-0.2, -0.15) is 0 Å². The number of nitrogens with zero attached hydrogens (tertiary/aromatic N) is 2. The lowest BCUT2D eigenvalue weighted by Crippen LogP contribution is -2.21.